The molecule has 2 aromatic heterocycles. The first-order chi connectivity index (χ1) is 6.38. The number of hydrogen-bond donors (Lipinski definition) is 1. The molecule has 0 atom stereocenters. The topological polar surface area (TPSA) is 58.6 Å². The smallest absolute Gasteiger partial charge is 0.208 e. The van der Waals surface area contributed by atoms with Crippen LogP contribution in [0.15, 0.2) is 41.6 Å². The quantitative estimate of drug-likeness (QED) is 0.694. The lowest BCUT2D eigenvalue weighted by Gasteiger charge is -1.95. The zero-order valence-corrected chi connectivity index (χ0v) is 6.77. The molecule has 0 saturated heterocycles. The first-order valence-electron chi connectivity index (χ1n) is 3.82. The molecule has 2 heterocycles. The summed E-state index contributed by atoms with van der Waals surface area (Å²) >= 11 is 0. The van der Waals surface area contributed by atoms with Crippen LogP contribution in [-0.2, 0) is 0 Å². The molecule has 0 aliphatic heterocycles. The Labute approximate surface area is 74.3 Å². The third-order valence-electron chi connectivity index (χ3n) is 1.65. The molecule has 0 saturated carbocycles. The Kier molecular flexibility index (Phi) is 1.88. The van der Waals surface area contributed by atoms with Gasteiger partial charge in [-0.05, 0) is 12.1 Å². The Hall–Kier alpha value is -1.97. The van der Waals surface area contributed by atoms with Gasteiger partial charge in [0.15, 0.2) is 0 Å². The van der Waals surface area contributed by atoms with Crippen molar-refractivity contribution in [3.8, 4) is 11.3 Å². The first-order valence-corrected chi connectivity index (χ1v) is 3.82. The van der Waals surface area contributed by atoms with Crippen molar-refractivity contribution >= 4 is 0 Å². The Bertz CT molecular complexity index is 450. The summed E-state index contributed by atoms with van der Waals surface area (Å²) in [5, 5.41) is 6.49. The molecule has 0 fully saturated rings. The molecule has 13 heavy (non-hydrogen) atoms. The number of aromatic nitrogens is 3. The first kappa shape index (κ1) is 7.67. The van der Waals surface area contributed by atoms with Crippen LogP contribution in [0.3, 0.4) is 0 Å². The standard InChI is InChI=1S/C9H7N3O/c13-8-3-5-11-12-9(8)7-2-1-4-10-6-7/h1-6H,(H,11,13). The van der Waals surface area contributed by atoms with E-state index in [1.165, 1.54) is 12.3 Å². The minimum Gasteiger partial charge on any atom is -0.287 e. The number of nitrogens with one attached hydrogen (secondary N) is 1. The molecule has 0 spiro atoms. The number of aromatic amines is 1. The second-order valence-electron chi connectivity index (χ2n) is 2.53. The van der Waals surface area contributed by atoms with Crippen LogP contribution < -0.4 is 5.43 Å². The molecule has 64 valence electrons. The molecular formula is C9H7N3O. The Morgan fingerprint density at radius 2 is 2.23 bits per heavy atom. The monoisotopic (exact) mass is 173 g/mol. The maximum atomic E-state index is 11.3. The van der Waals surface area contributed by atoms with Crippen LogP contribution in [0.5, 0.6) is 0 Å². The van der Waals surface area contributed by atoms with Gasteiger partial charge in [-0.2, -0.15) is 5.10 Å². The van der Waals surface area contributed by atoms with E-state index in [2.05, 4.69) is 15.2 Å². The van der Waals surface area contributed by atoms with E-state index in [4.69, 9.17) is 0 Å². The normalized spacial score (nSPS) is 9.85. The van der Waals surface area contributed by atoms with Gasteiger partial charge < -0.3 is 0 Å². The zero-order valence-electron chi connectivity index (χ0n) is 6.77. The molecule has 1 N–H and O–H groups in total. The van der Waals surface area contributed by atoms with Crippen molar-refractivity contribution in [2.24, 2.45) is 0 Å². The fourth-order valence-electron chi connectivity index (χ4n) is 1.06. The van der Waals surface area contributed by atoms with Crippen molar-refractivity contribution in [2.75, 3.05) is 0 Å². The van der Waals surface area contributed by atoms with Crippen LogP contribution in [0.1, 0.15) is 0 Å². The molecule has 0 radical (unpaired) electrons. The molecule has 0 bridgehead atoms. The van der Waals surface area contributed by atoms with Gasteiger partial charge in [0.2, 0.25) is 5.43 Å². The summed E-state index contributed by atoms with van der Waals surface area (Å²) in [5.41, 5.74) is 1.02. The van der Waals surface area contributed by atoms with Gasteiger partial charge in [0.25, 0.3) is 0 Å². The third kappa shape index (κ3) is 1.46. The van der Waals surface area contributed by atoms with E-state index in [1.807, 2.05) is 0 Å². The highest BCUT2D eigenvalue weighted by Crippen LogP contribution is 2.08. The predicted molar refractivity (Wildman–Crippen MR) is 48.1 cm³/mol. The maximum absolute atomic E-state index is 11.3. The van der Waals surface area contributed by atoms with Crippen LogP contribution in [0.2, 0.25) is 0 Å². The molecule has 0 aromatic carbocycles. The van der Waals surface area contributed by atoms with E-state index in [1.54, 1.807) is 24.5 Å². The zero-order chi connectivity index (χ0) is 9.10. The second-order valence-corrected chi connectivity index (χ2v) is 2.53. The van der Waals surface area contributed by atoms with Crippen LogP contribution in [0, 0.1) is 0 Å². The minimum atomic E-state index is -0.105. The van der Waals surface area contributed by atoms with Gasteiger partial charge in [0.1, 0.15) is 5.69 Å². The van der Waals surface area contributed by atoms with Crippen molar-refractivity contribution in [2.45, 2.75) is 0 Å². The van der Waals surface area contributed by atoms with Gasteiger partial charge in [0.05, 0.1) is 0 Å². The average Bonchev–Trinajstić information content (AvgIpc) is 2.20. The Morgan fingerprint density at radius 1 is 1.31 bits per heavy atom. The van der Waals surface area contributed by atoms with Gasteiger partial charge in [-0.1, -0.05) is 0 Å². The summed E-state index contributed by atoms with van der Waals surface area (Å²) in [4.78, 5) is 15.2. The number of nitrogens with zero attached hydrogens (tertiary/aromatic N) is 2. The van der Waals surface area contributed by atoms with E-state index in [0.29, 0.717) is 5.69 Å². The molecular weight excluding hydrogens is 166 g/mol. The molecule has 0 amide bonds. The molecule has 4 heteroatoms. The molecule has 2 aromatic rings. The van der Waals surface area contributed by atoms with E-state index in [0.717, 1.165) is 5.56 Å². The highest BCUT2D eigenvalue weighted by atomic mass is 16.1. The number of rotatable bonds is 1. The van der Waals surface area contributed by atoms with E-state index < -0.39 is 0 Å². The summed E-state index contributed by atoms with van der Waals surface area (Å²) in [6, 6.07) is 5.00. The molecule has 4 nitrogen and oxygen atoms in total. The van der Waals surface area contributed by atoms with Gasteiger partial charge in [-0.15, -0.1) is 0 Å². The number of H-pyrrole nitrogens is 1. The summed E-state index contributed by atoms with van der Waals surface area (Å²) in [5.74, 6) is 0. The van der Waals surface area contributed by atoms with Crippen molar-refractivity contribution in [1.82, 2.24) is 15.2 Å². The lowest BCUT2D eigenvalue weighted by atomic mass is 10.2. The third-order valence-corrected chi connectivity index (χ3v) is 1.65. The van der Waals surface area contributed by atoms with Crippen molar-refractivity contribution in [3.63, 3.8) is 0 Å². The maximum Gasteiger partial charge on any atom is 0.208 e. The number of hydrogen-bond acceptors (Lipinski definition) is 3. The minimum absolute atomic E-state index is 0.105. The van der Waals surface area contributed by atoms with Crippen LogP contribution in [0.4, 0.5) is 0 Å². The van der Waals surface area contributed by atoms with Crippen molar-refractivity contribution < 1.29 is 0 Å². The molecule has 0 aliphatic carbocycles. The summed E-state index contributed by atoms with van der Waals surface area (Å²) < 4.78 is 0. The summed E-state index contributed by atoms with van der Waals surface area (Å²) in [6.07, 6.45) is 4.76. The molecule has 0 unspecified atom stereocenters. The van der Waals surface area contributed by atoms with E-state index in [-0.39, 0.29) is 5.43 Å². The number of pyridine rings is 1. The van der Waals surface area contributed by atoms with Crippen LogP contribution >= 0.6 is 0 Å². The van der Waals surface area contributed by atoms with Crippen LogP contribution in [-0.4, -0.2) is 15.2 Å². The molecule has 0 aliphatic rings. The van der Waals surface area contributed by atoms with Crippen molar-refractivity contribution in [3.05, 3.63) is 47.0 Å². The highest BCUT2D eigenvalue weighted by Gasteiger charge is 2.01. The lowest BCUT2D eigenvalue weighted by molar-refractivity contribution is 1.02. The Balaban J connectivity index is 2.60. The lowest BCUT2D eigenvalue weighted by Crippen LogP contribution is -2.06. The van der Waals surface area contributed by atoms with Gasteiger partial charge in [-0.3, -0.25) is 14.9 Å². The second kappa shape index (κ2) is 3.18. The average molecular weight is 173 g/mol. The van der Waals surface area contributed by atoms with Gasteiger partial charge in [-0.25, -0.2) is 0 Å². The highest BCUT2D eigenvalue weighted by molar-refractivity contribution is 5.56. The van der Waals surface area contributed by atoms with Crippen LogP contribution in [0.25, 0.3) is 11.3 Å². The fraction of sp³-hybridized carbons (Fsp3) is 0. The summed E-state index contributed by atoms with van der Waals surface area (Å²) in [7, 11) is 0. The van der Waals surface area contributed by atoms with Crippen molar-refractivity contribution in [1.29, 1.82) is 0 Å². The SMILES string of the molecule is O=c1cc[nH]nc1-c1cccnc1. The Morgan fingerprint density at radius 3 is 2.92 bits per heavy atom. The van der Waals surface area contributed by atoms with Gasteiger partial charge in [0, 0.05) is 30.2 Å². The predicted octanol–water partition coefficient (Wildman–Crippen LogP) is 0.832. The van der Waals surface area contributed by atoms with E-state index in [9.17, 15) is 4.79 Å². The summed E-state index contributed by atoms with van der Waals surface area (Å²) in [6.45, 7) is 0. The van der Waals surface area contributed by atoms with E-state index >= 15 is 0 Å². The van der Waals surface area contributed by atoms with Gasteiger partial charge >= 0.3 is 0 Å². The fourth-order valence-corrected chi connectivity index (χ4v) is 1.06. The largest absolute Gasteiger partial charge is 0.287 e. The molecule has 2 rings (SSSR count).